The molecule has 3 nitrogen and oxygen atoms in total. The maximum atomic E-state index is 10.7. The van der Waals surface area contributed by atoms with Crippen molar-refractivity contribution < 1.29 is 14.3 Å². The van der Waals surface area contributed by atoms with E-state index in [1.165, 1.54) is 0 Å². The van der Waals surface area contributed by atoms with Gasteiger partial charge in [0.15, 0.2) is 0 Å². The lowest BCUT2D eigenvalue weighted by atomic mass is 10.3. The maximum Gasteiger partial charge on any atom is 0.508 e. The van der Waals surface area contributed by atoms with Crippen molar-refractivity contribution in [1.82, 2.24) is 0 Å². The molecule has 0 spiro atoms. The highest BCUT2D eigenvalue weighted by Crippen LogP contribution is 1.91. The molecule has 3 heteroatoms. The molecule has 0 amide bonds. The van der Waals surface area contributed by atoms with Gasteiger partial charge in [0.25, 0.3) is 0 Å². The van der Waals surface area contributed by atoms with Crippen molar-refractivity contribution in [3.63, 3.8) is 0 Å². The van der Waals surface area contributed by atoms with Crippen LogP contribution in [0.25, 0.3) is 0 Å². The topological polar surface area (TPSA) is 35.5 Å². The van der Waals surface area contributed by atoms with Gasteiger partial charge >= 0.3 is 6.16 Å². The van der Waals surface area contributed by atoms with Gasteiger partial charge in [-0.05, 0) is 26.3 Å². The highest BCUT2D eigenvalue weighted by Gasteiger charge is 1.99. The maximum absolute atomic E-state index is 10.7. The van der Waals surface area contributed by atoms with E-state index in [0.29, 0.717) is 13.2 Å². The van der Waals surface area contributed by atoms with Crippen LogP contribution < -0.4 is 0 Å². The molecule has 0 aromatic rings. The summed E-state index contributed by atoms with van der Waals surface area (Å²) < 4.78 is 9.40. The quantitative estimate of drug-likeness (QED) is 0.483. The molecule has 0 heterocycles. The molecule has 0 unspecified atom stereocenters. The standard InChI is InChI=1S/C9H16O3/c1-4-6-11-9(10)12-7-5-8(2)3/h5H,4,6-7H2,1-3H3. The molecule has 70 valence electrons. The lowest BCUT2D eigenvalue weighted by Crippen LogP contribution is -2.07. The van der Waals surface area contributed by atoms with Crippen LogP contribution in [0.2, 0.25) is 0 Å². The highest BCUT2D eigenvalue weighted by atomic mass is 16.7. The summed E-state index contributed by atoms with van der Waals surface area (Å²) in [6.45, 7) is 6.55. The summed E-state index contributed by atoms with van der Waals surface area (Å²) in [6, 6.07) is 0. The van der Waals surface area contributed by atoms with Crippen molar-refractivity contribution in [2.24, 2.45) is 0 Å². The Balaban J connectivity index is 3.38. The van der Waals surface area contributed by atoms with Crippen LogP contribution in [0.3, 0.4) is 0 Å². The zero-order chi connectivity index (χ0) is 9.40. The first kappa shape index (κ1) is 11.0. The normalized spacial score (nSPS) is 8.92. The van der Waals surface area contributed by atoms with E-state index < -0.39 is 6.16 Å². The van der Waals surface area contributed by atoms with Gasteiger partial charge in [-0.2, -0.15) is 0 Å². The summed E-state index contributed by atoms with van der Waals surface area (Å²) in [6.07, 6.45) is 2.06. The van der Waals surface area contributed by atoms with Crippen LogP contribution in [0.4, 0.5) is 4.79 Å². The number of ether oxygens (including phenoxy) is 2. The first-order valence-corrected chi connectivity index (χ1v) is 4.09. The molecule has 0 N–H and O–H groups in total. The van der Waals surface area contributed by atoms with Crippen molar-refractivity contribution in [2.45, 2.75) is 27.2 Å². The molecular formula is C9H16O3. The fourth-order valence-electron chi connectivity index (χ4n) is 0.503. The molecule has 0 fully saturated rings. The monoisotopic (exact) mass is 172 g/mol. The van der Waals surface area contributed by atoms with Gasteiger partial charge in [-0.15, -0.1) is 0 Å². The van der Waals surface area contributed by atoms with E-state index in [-0.39, 0.29) is 0 Å². The summed E-state index contributed by atoms with van der Waals surface area (Å²) in [5.74, 6) is 0. The molecule has 0 radical (unpaired) electrons. The van der Waals surface area contributed by atoms with Crippen LogP contribution in [-0.4, -0.2) is 19.4 Å². The van der Waals surface area contributed by atoms with Crippen molar-refractivity contribution >= 4 is 6.16 Å². The summed E-state index contributed by atoms with van der Waals surface area (Å²) in [7, 11) is 0. The number of carbonyl (C=O) groups is 1. The van der Waals surface area contributed by atoms with E-state index in [9.17, 15) is 4.79 Å². The van der Waals surface area contributed by atoms with E-state index in [2.05, 4.69) is 4.74 Å². The van der Waals surface area contributed by atoms with Gasteiger partial charge in [-0.3, -0.25) is 0 Å². The summed E-state index contributed by atoms with van der Waals surface area (Å²) in [4.78, 5) is 10.7. The Morgan fingerprint density at radius 1 is 1.33 bits per heavy atom. The Morgan fingerprint density at radius 2 is 2.00 bits per heavy atom. The second-order valence-corrected chi connectivity index (χ2v) is 2.69. The minimum atomic E-state index is -0.589. The Morgan fingerprint density at radius 3 is 2.50 bits per heavy atom. The number of hydrogen-bond donors (Lipinski definition) is 0. The molecule has 12 heavy (non-hydrogen) atoms. The van der Waals surface area contributed by atoms with E-state index in [1.807, 2.05) is 26.8 Å². The van der Waals surface area contributed by atoms with Crippen molar-refractivity contribution in [3.05, 3.63) is 11.6 Å². The van der Waals surface area contributed by atoms with Crippen LogP contribution in [0.5, 0.6) is 0 Å². The summed E-state index contributed by atoms with van der Waals surface area (Å²) in [5.41, 5.74) is 1.12. The number of hydrogen-bond acceptors (Lipinski definition) is 3. The third-order valence-electron chi connectivity index (χ3n) is 1.12. The van der Waals surface area contributed by atoms with Gasteiger partial charge in [0, 0.05) is 0 Å². The Hall–Kier alpha value is -0.990. The number of allylic oxidation sites excluding steroid dienone is 1. The summed E-state index contributed by atoms with van der Waals surface area (Å²) in [5, 5.41) is 0. The molecule has 0 aromatic carbocycles. The molecule has 0 aromatic heterocycles. The third kappa shape index (κ3) is 7.12. The van der Waals surface area contributed by atoms with Gasteiger partial charge in [0.2, 0.25) is 0 Å². The van der Waals surface area contributed by atoms with Crippen LogP contribution >= 0.6 is 0 Å². The molecule has 0 bridgehead atoms. The van der Waals surface area contributed by atoms with Gasteiger partial charge in [-0.1, -0.05) is 12.5 Å². The lowest BCUT2D eigenvalue weighted by Gasteiger charge is -2.02. The molecule has 0 rings (SSSR count). The first-order chi connectivity index (χ1) is 5.66. The Kier molecular flexibility index (Phi) is 6.15. The van der Waals surface area contributed by atoms with Crippen molar-refractivity contribution in [3.8, 4) is 0 Å². The van der Waals surface area contributed by atoms with Crippen LogP contribution in [0, 0.1) is 0 Å². The van der Waals surface area contributed by atoms with E-state index in [0.717, 1.165) is 12.0 Å². The average molecular weight is 172 g/mol. The van der Waals surface area contributed by atoms with Crippen molar-refractivity contribution in [2.75, 3.05) is 13.2 Å². The number of rotatable bonds is 4. The molecular weight excluding hydrogens is 156 g/mol. The van der Waals surface area contributed by atoms with Crippen LogP contribution in [-0.2, 0) is 9.47 Å². The largest absolute Gasteiger partial charge is 0.508 e. The molecule has 0 aliphatic rings. The van der Waals surface area contributed by atoms with Gasteiger partial charge in [-0.25, -0.2) is 4.79 Å². The minimum absolute atomic E-state index is 0.297. The lowest BCUT2D eigenvalue weighted by molar-refractivity contribution is 0.0632. The zero-order valence-electron chi connectivity index (χ0n) is 7.92. The molecule has 0 saturated heterocycles. The third-order valence-corrected chi connectivity index (χ3v) is 1.12. The molecule has 0 aliphatic carbocycles. The summed E-state index contributed by atoms with van der Waals surface area (Å²) >= 11 is 0. The van der Waals surface area contributed by atoms with E-state index >= 15 is 0 Å². The molecule has 0 saturated carbocycles. The fourth-order valence-corrected chi connectivity index (χ4v) is 0.503. The highest BCUT2D eigenvalue weighted by molar-refractivity contribution is 5.59. The first-order valence-electron chi connectivity index (χ1n) is 4.09. The number of carbonyl (C=O) groups excluding carboxylic acids is 1. The molecule has 0 atom stereocenters. The second-order valence-electron chi connectivity index (χ2n) is 2.69. The Bertz CT molecular complexity index is 157. The minimum Gasteiger partial charge on any atom is -0.434 e. The SMILES string of the molecule is CCCOC(=O)OCC=C(C)C. The predicted octanol–water partition coefficient (Wildman–Crippen LogP) is 2.52. The van der Waals surface area contributed by atoms with E-state index in [1.54, 1.807) is 0 Å². The Labute approximate surface area is 73.4 Å². The van der Waals surface area contributed by atoms with E-state index in [4.69, 9.17) is 4.74 Å². The smallest absolute Gasteiger partial charge is 0.434 e. The zero-order valence-corrected chi connectivity index (χ0v) is 7.92. The average Bonchev–Trinajstić information content (AvgIpc) is 2.00. The predicted molar refractivity (Wildman–Crippen MR) is 47.0 cm³/mol. The van der Waals surface area contributed by atoms with Crippen LogP contribution in [0.15, 0.2) is 11.6 Å². The van der Waals surface area contributed by atoms with Gasteiger partial charge in [0.05, 0.1) is 6.61 Å². The van der Waals surface area contributed by atoms with Gasteiger partial charge < -0.3 is 9.47 Å². The van der Waals surface area contributed by atoms with Crippen LogP contribution in [0.1, 0.15) is 27.2 Å². The van der Waals surface area contributed by atoms with Crippen molar-refractivity contribution in [1.29, 1.82) is 0 Å². The second kappa shape index (κ2) is 6.70. The molecule has 0 aliphatic heterocycles. The fraction of sp³-hybridized carbons (Fsp3) is 0.667. The van der Waals surface area contributed by atoms with Gasteiger partial charge in [0.1, 0.15) is 6.61 Å².